The van der Waals surface area contributed by atoms with Crippen molar-refractivity contribution in [2.75, 3.05) is 14.2 Å². The van der Waals surface area contributed by atoms with Gasteiger partial charge in [0.05, 0.1) is 14.2 Å². The summed E-state index contributed by atoms with van der Waals surface area (Å²) >= 11 is 0. The fourth-order valence-electron chi connectivity index (χ4n) is 1.70. The number of carbonyl (C=O) groups excluding carboxylic acids is 1. The van der Waals surface area contributed by atoms with Gasteiger partial charge in [-0.25, -0.2) is 0 Å². The summed E-state index contributed by atoms with van der Waals surface area (Å²) in [6, 6.07) is 5.22. The number of rotatable bonds is 6. The highest BCUT2D eigenvalue weighted by molar-refractivity contribution is 5.98. The van der Waals surface area contributed by atoms with Crippen molar-refractivity contribution in [3.63, 3.8) is 0 Å². The first-order valence-electron chi connectivity index (χ1n) is 5.94. The normalized spacial score (nSPS) is 13.6. The van der Waals surface area contributed by atoms with E-state index in [-0.39, 0.29) is 17.6 Å². The van der Waals surface area contributed by atoms with Crippen molar-refractivity contribution in [3.8, 4) is 11.5 Å². The molecular weight excluding hydrogens is 228 g/mol. The Labute approximate surface area is 108 Å². The highest BCUT2D eigenvalue weighted by atomic mass is 16.5. The van der Waals surface area contributed by atoms with E-state index in [2.05, 4.69) is 6.58 Å². The highest BCUT2D eigenvalue weighted by Crippen LogP contribution is 2.29. The number of methoxy groups -OCH3 is 2. The largest absolute Gasteiger partial charge is 0.493 e. The number of benzene rings is 1. The first kappa shape index (κ1) is 14.3. The van der Waals surface area contributed by atoms with Crippen LogP contribution in [0.3, 0.4) is 0 Å². The third-order valence-electron chi connectivity index (χ3n) is 3.24. The fraction of sp³-hybridized carbons (Fsp3) is 0.400. The Kier molecular flexibility index (Phi) is 4.95. The van der Waals surface area contributed by atoms with Crippen LogP contribution in [0.2, 0.25) is 0 Å². The predicted molar refractivity (Wildman–Crippen MR) is 72.4 cm³/mol. The number of ether oxygens (including phenoxy) is 2. The summed E-state index contributed by atoms with van der Waals surface area (Å²) < 4.78 is 10.3. The zero-order chi connectivity index (χ0) is 13.7. The van der Waals surface area contributed by atoms with Crippen LogP contribution in [-0.2, 0) is 0 Å². The van der Waals surface area contributed by atoms with E-state index in [1.54, 1.807) is 38.5 Å². The molecule has 0 saturated carbocycles. The second kappa shape index (κ2) is 6.24. The lowest BCUT2D eigenvalue weighted by Crippen LogP contribution is -2.17. The van der Waals surface area contributed by atoms with Gasteiger partial charge in [0.2, 0.25) is 0 Å². The number of hydrogen-bond acceptors (Lipinski definition) is 3. The second-order valence-electron chi connectivity index (χ2n) is 4.32. The van der Waals surface area contributed by atoms with Gasteiger partial charge in [-0.3, -0.25) is 4.79 Å². The molecule has 2 atom stereocenters. The van der Waals surface area contributed by atoms with Gasteiger partial charge in [-0.1, -0.05) is 19.9 Å². The smallest absolute Gasteiger partial charge is 0.166 e. The average molecular weight is 248 g/mol. The summed E-state index contributed by atoms with van der Waals surface area (Å²) in [4.78, 5) is 12.3. The van der Waals surface area contributed by atoms with Crippen LogP contribution in [0.25, 0.3) is 0 Å². The summed E-state index contributed by atoms with van der Waals surface area (Å²) in [5, 5.41) is 0. The molecule has 0 spiro atoms. The Hall–Kier alpha value is -1.77. The molecule has 0 aliphatic heterocycles. The van der Waals surface area contributed by atoms with Crippen molar-refractivity contribution in [1.29, 1.82) is 0 Å². The molecule has 0 bridgehead atoms. The molecule has 0 fully saturated rings. The summed E-state index contributed by atoms with van der Waals surface area (Å²) in [6.07, 6.45) is 1.79. The minimum Gasteiger partial charge on any atom is -0.493 e. The highest BCUT2D eigenvalue weighted by Gasteiger charge is 2.20. The van der Waals surface area contributed by atoms with E-state index in [1.165, 1.54) is 0 Å². The van der Waals surface area contributed by atoms with Gasteiger partial charge >= 0.3 is 0 Å². The standard InChI is InChI=1S/C15H20O3/c1-6-10(2)11(3)15(16)12-7-8-13(17-4)14(9-12)18-5/h6-11H,1H2,2-5H3/t10-,11+/m0/s1. The van der Waals surface area contributed by atoms with Crippen LogP contribution in [0.4, 0.5) is 0 Å². The fourth-order valence-corrected chi connectivity index (χ4v) is 1.70. The summed E-state index contributed by atoms with van der Waals surface area (Å²) in [7, 11) is 3.13. The molecule has 0 saturated heterocycles. The van der Waals surface area contributed by atoms with Crippen molar-refractivity contribution in [1.82, 2.24) is 0 Å². The zero-order valence-corrected chi connectivity index (χ0v) is 11.4. The molecule has 0 radical (unpaired) electrons. The molecule has 18 heavy (non-hydrogen) atoms. The van der Waals surface area contributed by atoms with E-state index < -0.39 is 0 Å². The van der Waals surface area contributed by atoms with Gasteiger partial charge in [0.1, 0.15) is 0 Å². The Morgan fingerprint density at radius 3 is 2.33 bits per heavy atom. The quantitative estimate of drug-likeness (QED) is 0.572. The maximum absolute atomic E-state index is 12.3. The molecule has 0 aliphatic carbocycles. The third kappa shape index (κ3) is 2.92. The van der Waals surface area contributed by atoms with Crippen LogP contribution in [0.1, 0.15) is 24.2 Å². The molecule has 0 heterocycles. The Bertz CT molecular complexity index is 437. The number of carbonyl (C=O) groups is 1. The van der Waals surface area contributed by atoms with Gasteiger partial charge in [0, 0.05) is 11.5 Å². The van der Waals surface area contributed by atoms with Crippen molar-refractivity contribution < 1.29 is 14.3 Å². The van der Waals surface area contributed by atoms with E-state index in [4.69, 9.17) is 9.47 Å². The van der Waals surface area contributed by atoms with E-state index in [0.717, 1.165) is 0 Å². The lowest BCUT2D eigenvalue weighted by atomic mass is 9.88. The van der Waals surface area contributed by atoms with Gasteiger partial charge in [0.15, 0.2) is 17.3 Å². The van der Waals surface area contributed by atoms with Gasteiger partial charge in [-0.05, 0) is 24.1 Å². The minimum atomic E-state index is -0.0967. The molecule has 3 heteroatoms. The maximum Gasteiger partial charge on any atom is 0.166 e. The van der Waals surface area contributed by atoms with E-state index in [9.17, 15) is 4.79 Å². The Morgan fingerprint density at radius 1 is 1.22 bits per heavy atom. The molecule has 0 amide bonds. The first-order chi connectivity index (χ1) is 8.54. The molecule has 1 rings (SSSR count). The third-order valence-corrected chi connectivity index (χ3v) is 3.24. The monoisotopic (exact) mass is 248 g/mol. The van der Waals surface area contributed by atoms with Crippen LogP contribution in [0.15, 0.2) is 30.9 Å². The van der Waals surface area contributed by atoms with Crippen LogP contribution >= 0.6 is 0 Å². The molecule has 0 unspecified atom stereocenters. The average Bonchev–Trinajstić information content (AvgIpc) is 2.43. The van der Waals surface area contributed by atoms with Crippen LogP contribution < -0.4 is 9.47 Å². The lowest BCUT2D eigenvalue weighted by Gasteiger charge is -2.16. The van der Waals surface area contributed by atoms with Crippen molar-refractivity contribution in [3.05, 3.63) is 36.4 Å². The van der Waals surface area contributed by atoms with Crippen molar-refractivity contribution in [2.24, 2.45) is 11.8 Å². The van der Waals surface area contributed by atoms with E-state index >= 15 is 0 Å². The van der Waals surface area contributed by atoms with Gasteiger partial charge in [-0.15, -0.1) is 6.58 Å². The van der Waals surface area contributed by atoms with Crippen LogP contribution in [0.5, 0.6) is 11.5 Å². The molecule has 3 nitrogen and oxygen atoms in total. The van der Waals surface area contributed by atoms with Crippen molar-refractivity contribution in [2.45, 2.75) is 13.8 Å². The zero-order valence-electron chi connectivity index (χ0n) is 11.4. The van der Waals surface area contributed by atoms with E-state index in [0.29, 0.717) is 17.1 Å². The molecule has 1 aromatic carbocycles. The van der Waals surface area contributed by atoms with Gasteiger partial charge in [-0.2, -0.15) is 0 Å². The molecule has 1 aromatic rings. The van der Waals surface area contributed by atoms with Gasteiger partial charge in [0.25, 0.3) is 0 Å². The Balaban J connectivity index is 3.03. The predicted octanol–water partition coefficient (Wildman–Crippen LogP) is 3.34. The maximum atomic E-state index is 12.3. The van der Waals surface area contributed by atoms with Crippen LogP contribution in [-0.4, -0.2) is 20.0 Å². The topological polar surface area (TPSA) is 35.5 Å². The number of allylic oxidation sites excluding steroid dienone is 1. The second-order valence-corrected chi connectivity index (χ2v) is 4.32. The summed E-state index contributed by atoms with van der Waals surface area (Å²) in [6.45, 7) is 7.61. The molecule has 98 valence electrons. The minimum absolute atomic E-state index is 0.0864. The van der Waals surface area contributed by atoms with Gasteiger partial charge < -0.3 is 9.47 Å². The van der Waals surface area contributed by atoms with E-state index in [1.807, 2.05) is 13.8 Å². The number of ketones is 1. The Morgan fingerprint density at radius 2 is 1.83 bits per heavy atom. The van der Waals surface area contributed by atoms with Crippen molar-refractivity contribution >= 4 is 5.78 Å². The summed E-state index contributed by atoms with van der Waals surface area (Å²) in [5.74, 6) is 1.33. The first-order valence-corrected chi connectivity index (χ1v) is 5.94. The number of Topliss-reactive ketones (excluding diaryl/α,β-unsaturated/α-hetero) is 1. The SMILES string of the molecule is C=C[C@H](C)[C@@H](C)C(=O)c1ccc(OC)c(OC)c1. The molecule has 0 aromatic heterocycles. The molecule has 0 aliphatic rings. The lowest BCUT2D eigenvalue weighted by molar-refractivity contribution is 0.0907. The molecular formula is C15H20O3. The molecule has 0 N–H and O–H groups in total. The summed E-state index contributed by atoms with van der Waals surface area (Å²) in [5.41, 5.74) is 0.633. The van der Waals surface area contributed by atoms with Crippen LogP contribution in [0, 0.1) is 11.8 Å². The number of hydrogen-bond donors (Lipinski definition) is 0.